The predicted octanol–water partition coefficient (Wildman–Crippen LogP) is 13.9. The molecule has 2 aromatic heterocycles. The van der Waals surface area contributed by atoms with Gasteiger partial charge in [0.25, 0.3) is 0 Å². The van der Waals surface area contributed by atoms with Crippen LogP contribution in [0.5, 0.6) is 0 Å². The van der Waals surface area contributed by atoms with E-state index in [0.29, 0.717) is 0 Å². The molecular formula is C51H39N3. The van der Waals surface area contributed by atoms with E-state index in [9.17, 15) is 0 Å². The molecule has 0 radical (unpaired) electrons. The molecule has 54 heavy (non-hydrogen) atoms. The number of anilines is 3. The van der Waals surface area contributed by atoms with Crippen molar-refractivity contribution in [2.24, 2.45) is 0 Å². The standard InChI is InChI=1S/C51H39N3/c1-3-36-24-29-40(30-25-36)52(39-27-22-35(2)23-28-39)41-13-10-12-37(32-41)38-26-31-51-47(33-38)46-18-6-9-21-50(46)54(51)43-15-11-14-42(34-43)53-48-19-7-4-16-44(48)45-17-5-8-20-49(45)53/h4-34H,3H2,1-2H3. The Bertz CT molecular complexity index is 2930. The molecule has 3 nitrogen and oxygen atoms in total. The number of para-hydroxylation sites is 3. The minimum absolute atomic E-state index is 1.02. The molecule has 10 aromatic rings. The summed E-state index contributed by atoms with van der Waals surface area (Å²) in [5.41, 5.74) is 15.5. The molecule has 3 heteroatoms. The average molecular weight is 694 g/mol. The molecule has 10 rings (SSSR count). The van der Waals surface area contributed by atoms with Crippen LogP contribution in [-0.2, 0) is 6.42 Å². The third kappa shape index (κ3) is 5.28. The number of aromatic nitrogens is 2. The summed E-state index contributed by atoms with van der Waals surface area (Å²) in [6.45, 7) is 4.34. The number of rotatable bonds is 7. The summed E-state index contributed by atoms with van der Waals surface area (Å²) in [5.74, 6) is 0. The van der Waals surface area contributed by atoms with Crippen molar-refractivity contribution in [3.63, 3.8) is 0 Å². The van der Waals surface area contributed by atoms with Crippen molar-refractivity contribution in [3.8, 4) is 22.5 Å². The van der Waals surface area contributed by atoms with E-state index in [0.717, 1.165) is 34.9 Å². The predicted molar refractivity (Wildman–Crippen MR) is 229 cm³/mol. The van der Waals surface area contributed by atoms with Crippen LogP contribution in [0.15, 0.2) is 188 Å². The second-order valence-electron chi connectivity index (χ2n) is 14.2. The van der Waals surface area contributed by atoms with Crippen LogP contribution < -0.4 is 4.90 Å². The summed E-state index contributed by atoms with van der Waals surface area (Å²) in [6.07, 6.45) is 1.02. The zero-order valence-corrected chi connectivity index (χ0v) is 30.4. The Morgan fingerprint density at radius 1 is 0.389 bits per heavy atom. The lowest BCUT2D eigenvalue weighted by Crippen LogP contribution is -2.10. The SMILES string of the molecule is CCc1ccc(N(c2ccc(C)cc2)c2cccc(-c3ccc4c(c3)c3ccccc3n4-c3cccc(-n4c5ccccc5c5ccccc54)c3)c2)cc1. The monoisotopic (exact) mass is 693 g/mol. The van der Waals surface area contributed by atoms with Crippen molar-refractivity contribution < 1.29 is 0 Å². The molecule has 0 bridgehead atoms. The topological polar surface area (TPSA) is 13.1 Å². The highest BCUT2D eigenvalue weighted by atomic mass is 15.1. The minimum atomic E-state index is 1.02. The smallest absolute Gasteiger partial charge is 0.0541 e. The van der Waals surface area contributed by atoms with Gasteiger partial charge in [-0.2, -0.15) is 0 Å². The van der Waals surface area contributed by atoms with E-state index in [1.807, 2.05) is 0 Å². The number of hydrogen-bond donors (Lipinski definition) is 0. The molecule has 258 valence electrons. The first kappa shape index (κ1) is 31.9. The summed E-state index contributed by atoms with van der Waals surface area (Å²) in [6, 6.07) is 68.8. The number of nitrogens with zero attached hydrogens (tertiary/aromatic N) is 3. The fourth-order valence-electron chi connectivity index (χ4n) is 8.25. The van der Waals surface area contributed by atoms with Gasteiger partial charge in [0.1, 0.15) is 0 Å². The fraction of sp³-hybridized carbons (Fsp3) is 0.0588. The van der Waals surface area contributed by atoms with E-state index >= 15 is 0 Å². The molecule has 0 saturated heterocycles. The Kier molecular flexibility index (Phi) is 7.66. The Balaban J connectivity index is 1.10. The van der Waals surface area contributed by atoms with Gasteiger partial charge in [-0.3, -0.25) is 0 Å². The highest BCUT2D eigenvalue weighted by Crippen LogP contribution is 2.40. The number of aryl methyl sites for hydroxylation is 2. The highest BCUT2D eigenvalue weighted by Gasteiger charge is 2.17. The maximum atomic E-state index is 2.42. The molecule has 0 fully saturated rings. The van der Waals surface area contributed by atoms with Crippen molar-refractivity contribution in [1.29, 1.82) is 0 Å². The lowest BCUT2D eigenvalue weighted by molar-refractivity contribution is 1.13. The van der Waals surface area contributed by atoms with Gasteiger partial charge in [-0.05, 0) is 115 Å². The maximum Gasteiger partial charge on any atom is 0.0541 e. The third-order valence-corrected chi connectivity index (χ3v) is 10.9. The maximum absolute atomic E-state index is 2.42. The summed E-state index contributed by atoms with van der Waals surface area (Å²) < 4.78 is 4.81. The minimum Gasteiger partial charge on any atom is -0.310 e. The van der Waals surface area contributed by atoms with Crippen LogP contribution in [0.3, 0.4) is 0 Å². The summed E-state index contributed by atoms with van der Waals surface area (Å²) >= 11 is 0. The van der Waals surface area contributed by atoms with Crippen molar-refractivity contribution in [2.75, 3.05) is 4.90 Å². The number of benzene rings is 8. The molecular weight excluding hydrogens is 655 g/mol. The first-order valence-corrected chi connectivity index (χ1v) is 18.8. The molecule has 0 aliphatic heterocycles. The normalized spacial score (nSPS) is 11.6. The van der Waals surface area contributed by atoms with Gasteiger partial charge in [0, 0.05) is 50.0 Å². The average Bonchev–Trinajstić information content (AvgIpc) is 3.75. The third-order valence-electron chi connectivity index (χ3n) is 10.9. The van der Waals surface area contributed by atoms with Gasteiger partial charge in [-0.1, -0.05) is 116 Å². The molecule has 0 atom stereocenters. The van der Waals surface area contributed by atoms with Crippen LogP contribution in [0.25, 0.3) is 66.1 Å². The van der Waals surface area contributed by atoms with Gasteiger partial charge < -0.3 is 14.0 Å². The summed E-state index contributed by atoms with van der Waals surface area (Å²) in [4.78, 5) is 2.36. The first-order valence-electron chi connectivity index (χ1n) is 18.8. The fourth-order valence-corrected chi connectivity index (χ4v) is 8.25. The lowest BCUT2D eigenvalue weighted by Gasteiger charge is -2.26. The second-order valence-corrected chi connectivity index (χ2v) is 14.2. The van der Waals surface area contributed by atoms with E-state index in [1.165, 1.54) is 65.9 Å². The van der Waals surface area contributed by atoms with Crippen molar-refractivity contribution in [2.45, 2.75) is 20.3 Å². The van der Waals surface area contributed by atoms with Gasteiger partial charge >= 0.3 is 0 Å². The van der Waals surface area contributed by atoms with Crippen LogP contribution in [0, 0.1) is 6.92 Å². The molecule has 0 N–H and O–H groups in total. The molecule has 0 saturated carbocycles. The van der Waals surface area contributed by atoms with Crippen LogP contribution in [0.1, 0.15) is 18.1 Å². The zero-order chi connectivity index (χ0) is 36.2. The molecule has 8 aromatic carbocycles. The molecule has 0 aliphatic rings. The Morgan fingerprint density at radius 3 is 1.48 bits per heavy atom. The second kappa shape index (κ2) is 13.0. The van der Waals surface area contributed by atoms with Crippen molar-refractivity contribution in [1.82, 2.24) is 9.13 Å². The van der Waals surface area contributed by atoms with E-state index in [-0.39, 0.29) is 0 Å². The number of hydrogen-bond acceptors (Lipinski definition) is 1. The van der Waals surface area contributed by atoms with E-state index < -0.39 is 0 Å². The van der Waals surface area contributed by atoms with E-state index in [2.05, 4.69) is 216 Å². The van der Waals surface area contributed by atoms with Crippen LogP contribution >= 0.6 is 0 Å². The summed E-state index contributed by atoms with van der Waals surface area (Å²) in [7, 11) is 0. The Morgan fingerprint density at radius 2 is 0.889 bits per heavy atom. The van der Waals surface area contributed by atoms with Crippen molar-refractivity contribution in [3.05, 3.63) is 199 Å². The largest absolute Gasteiger partial charge is 0.310 e. The molecule has 0 aliphatic carbocycles. The van der Waals surface area contributed by atoms with Gasteiger partial charge in [0.05, 0.1) is 22.1 Å². The van der Waals surface area contributed by atoms with E-state index in [1.54, 1.807) is 0 Å². The van der Waals surface area contributed by atoms with Crippen molar-refractivity contribution >= 4 is 60.7 Å². The first-order chi connectivity index (χ1) is 26.6. The molecule has 0 amide bonds. The van der Waals surface area contributed by atoms with Gasteiger partial charge in [-0.25, -0.2) is 0 Å². The van der Waals surface area contributed by atoms with Crippen LogP contribution in [0.2, 0.25) is 0 Å². The molecule has 0 spiro atoms. The van der Waals surface area contributed by atoms with Crippen LogP contribution in [0.4, 0.5) is 17.1 Å². The van der Waals surface area contributed by atoms with Gasteiger partial charge in [0.15, 0.2) is 0 Å². The molecule has 2 heterocycles. The van der Waals surface area contributed by atoms with Gasteiger partial charge in [0.2, 0.25) is 0 Å². The van der Waals surface area contributed by atoms with E-state index in [4.69, 9.17) is 0 Å². The Labute approximate surface area is 315 Å². The number of fused-ring (bicyclic) bond motifs is 6. The highest BCUT2D eigenvalue weighted by molar-refractivity contribution is 6.11. The molecule has 0 unspecified atom stereocenters. The van der Waals surface area contributed by atoms with Gasteiger partial charge in [-0.15, -0.1) is 0 Å². The van der Waals surface area contributed by atoms with Crippen LogP contribution in [-0.4, -0.2) is 9.13 Å². The Hall–Kier alpha value is -6.84. The summed E-state index contributed by atoms with van der Waals surface area (Å²) in [5, 5.41) is 5.01. The lowest BCUT2D eigenvalue weighted by atomic mass is 10.0. The quantitative estimate of drug-likeness (QED) is 0.162. The zero-order valence-electron chi connectivity index (χ0n) is 30.4.